The van der Waals surface area contributed by atoms with Crippen LogP contribution in [0.1, 0.15) is 42.7 Å². The number of hydrogen-bond donors (Lipinski definition) is 1. The summed E-state index contributed by atoms with van der Waals surface area (Å²) < 4.78 is 3.94. The standard InChI is InChI=1S/C13H22N6/c1-9(2)19-13(15-8-16-19)7-18-11(4)12(6-14-5)10(3)17-18/h8-9,14H,6-7H2,1-5H3. The van der Waals surface area contributed by atoms with Gasteiger partial charge in [-0.25, -0.2) is 9.67 Å². The van der Waals surface area contributed by atoms with Gasteiger partial charge in [0.25, 0.3) is 0 Å². The van der Waals surface area contributed by atoms with Crippen LogP contribution in [0, 0.1) is 13.8 Å². The number of aryl methyl sites for hydroxylation is 1. The summed E-state index contributed by atoms with van der Waals surface area (Å²) >= 11 is 0. The molecule has 0 radical (unpaired) electrons. The van der Waals surface area contributed by atoms with E-state index in [1.165, 1.54) is 11.3 Å². The molecule has 0 unspecified atom stereocenters. The van der Waals surface area contributed by atoms with Gasteiger partial charge in [0.15, 0.2) is 0 Å². The van der Waals surface area contributed by atoms with E-state index in [0.717, 1.165) is 18.1 Å². The molecule has 0 aromatic carbocycles. The summed E-state index contributed by atoms with van der Waals surface area (Å²) in [5.74, 6) is 0.941. The maximum atomic E-state index is 4.60. The highest BCUT2D eigenvalue weighted by Gasteiger charge is 2.14. The molecule has 0 spiro atoms. The van der Waals surface area contributed by atoms with Crippen molar-refractivity contribution in [3.8, 4) is 0 Å². The first-order chi connectivity index (χ1) is 9.04. The third-order valence-electron chi connectivity index (χ3n) is 3.31. The van der Waals surface area contributed by atoms with Crippen molar-refractivity contribution in [1.29, 1.82) is 0 Å². The van der Waals surface area contributed by atoms with Crippen LogP contribution >= 0.6 is 0 Å². The lowest BCUT2D eigenvalue weighted by Gasteiger charge is -2.10. The molecule has 6 nitrogen and oxygen atoms in total. The van der Waals surface area contributed by atoms with Crippen LogP contribution in [-0.2, 0) is 13.1 Å². The lowest BCUT2D eigenvalue weighted by atomic mass is 10.2. The molecule has 19 heavy (non-hydrogen) atoms. The van der Waals surface area contributed by atoms with E-state index in [1.807, 2.05) is 23.3 Å². The zero-order valence-electron chi connectivity index (χ0n) is 12.3. The van der Waals surface area contributed by atoms with Crippen molar-refractivity contribution < 1.29 is 0 Å². The predicted octanol–water partition coefficient (Wildman–Crippen LogP) is 1.44. The van der Waals surface area contributed by atoms with E-state index in [9.17, 15) is 0 Å². The SMILES string of the molecule is CNCc1c(C)nn(Cc2ncnn2C(C)C)c1C. The number of nitrogens with one attached hydrogen (secondary N) is 1. The van der Waals surface area contributed by atoms with Gasteiger partial charge in [-0.3, -0.25) is 4.68 Å². The molecule has 0 saturated carbocycles. The second-order valence-electron chi connectivity index (χ2n) is 5.05. The Hall–Kier alpha value is -1.69. The van der Waals surface area contributed by atoms with Crippen LogP contribution in [-0.4, -0.2) is 31.6 Å². The van der Waals surface area contributed by atoms with E-state index in [0.29, 0.717) is 12.6 Å². The molecule has 2 rings (SSSR count). The number of aromatic nitrogens is 5. The molecule has 0 fully saturated rings. The van der Waals surface area contributed by atoms with Gasteiger partial charge in [0.1, 0.15) is 18.7 Å². The van der Waals surface area contributed by atoms with Crippen LogP contribution in [0.15, 0.2) is 6.33 Å². The first-order valence-corrected chi connectivity index (χ1v) is 6.60. The minimum absolute atomic E-state index is 0.311. The molecule has 2 heterocycles. The second kappa shape index (κ2) is 5.52. The second-order valence-corrected chi connectivity index (χ2v) is 5.05. The van der Waals surface area contributed by atoms with E-state index in [2.05, 4.69) is 41.3 Å². The summed E-state index contributed by atoms with van der Waals surface area (Å²) in [6.45, 7) is 9.85. The Bertz CT molecular complexity index is 551. The van der Waals surface area contributed by atoms with E-state index in [1.54, 1.807) is 6.33 Å². The molecule has 0 saturated heterocycles. The van der Waals surface area contributed by atoms with Crippen molar-refractivity contribution >= 4 is 0 Å². The van der Waals surface area contributed by atoms with Crippen LogP contribution in [0.2, 0.25) is 0 Å². The quantitative estimate of drug-likeness (QED) is 0.885. The largest absolute Gasteiger partial charge is 0.316 e. The van der Waals surface area contributed by atoms with Crippen molar-refractivity contribution in [1.82, 2.24) is 29.9 Å². The molecule has 0 atom stereocenters. The van der Waals surface area contributed by atoms with Crippen LogP contribution in [0.25, 0.3) is 0 Å². The van der Waals surface area contributed by atoms with Crippen molar-refractivity contribution in [2.75, 3.05) is 7.05 Å². The highest BCUT2D eigenvalue weighted by Crippen LogP contribution is 2.14. The van der Waals surface area contributed by atoms with Gasteiger partial charge in [-0.2, -0.15) is 10.2 Å². The lowest BCUT2D eigenvalue weighted by molar-refractivity contribution is 0.485. The fourth-order valence-electron chi connectivity index (χ4n) is 2.27. The van der Waals surface area contributed by atoms with Gasteiger partial charge >= 0.3 is 0 Å². The van der Waals surface area contributed by atoms with Crippen molar-refractivity contribution in [3.05, 3.63) is 29.1 Å². The number of nitrogens with zero attached hydrogens (tertiary/aromatic N) is 5. The normalized spacial score (nSPS) is 11.5. The zero-order chi connectivity index (χ0) is 14.0. The fourth-order valence-corrected chi connectivity index (χ4v) is 2.27. The summed E-state index contributed by atoms with van der Waals surface area (Å²) in [6.07, 6.45) is 1.61. The van der Waals surface area contributed by atoms with Crippen LogP contribution in [0.5, 0.6) is 0 Å². The van der Waals surface area contributed by atoms with Crippen molar-refractivity contribution in [3.63, 3.8) is 0 Å². The van der Waals surface area contributed by atoms with Crippen LogP contribution in [0.4, 0.5) is 0 Å². The predicted molar refractivity (Wildman–Crippen MR) is 74.0 cm³/mol. The average molecular weight is 262 g/mol. The van der Waals surface area contributed by atoms with Gasteiger partial charge in [0.2, 0.25) is 0 Å². The Morgan fingerprint density at radius 1 is 1.32 bits per heavy atom. The summed E-state index contributed by atoms with van der Waals surface area (Å²) in [7, 11) is 1.95. The number of hydrogen-bond acceptors (Lipinski definition) is 4. The molecule has 0 aliphatic rings. The Balaban J connectivity index is 2.28. The lowest BCUT2D eigenvalue weighted by Crippen LogP contribution is -2.14. The zero-order valence-corrected chi connectivity index (χ0v) is 12.3. The van der Waals surface area contributed by atoms with Gasteiger partial charge in [0, 0.05) is 23.8 Å². The summed E-state index contributed by atoms with van der Waals surface area (Å²) in [4.78, 5) is 4.33. The van der Waals surface area contributed by atoms with Gasteiger partial charge in [0.05, 0.1) is 5.69 Å². The maximum absolute atomic E-state index is 4.60. The van der Waals surface area contributed by atoms with Gasteiger partial charge in [-0.05, 0) is 34.7 Å². The fraction of sp³-hybridized carbons (Fsp3) is 0.615. The Labute approximate surface area is 113 Å². The van der Waals surface area contributed by atoms with E-state index in [4.69, 9.17) is 0 Å². The molecule has 0 aliphatic carbocycles. The smallest absolute Gasteiger partial charge is 0.148 e. The summed E-state index contributed by atoms with van der Waals surface area (Å²) in [5.41, 5.74) is 3.52. The first-order valence-electron chi connectivity index (χ1n) is 6.60. The molecule has 0 bridgehead atoms. The molecule has 1 N–H and O–H groups in total. The summed E-state index contributed by atoms with van der Waals surface area (Å²) in [5, 5.41) is 12.0. The average Bonchev–Trinajstić information content (AvgIpc) is 2.91. The van der Waals surface area contributed by atoms with Gasteiger partial charge in [-0.15, -0.1) is 0 Å². The molecule has 2 aromatic heterocycles. The van der Waals surface area contributed by atoms with Crippen LogP contribution < -0.4 is 5.32 Å². The molecular weight excluding hydrogens is 240 g/mol. The van der Waals surface area contributed by atoms with E-state index in [-0.39, 0.29) is 0 Å². The molecule has 104 valence electrons. The van der Waals surface area contributed by atoms with E-state index < -0.39 is 0 Å². The van der Waals surface area contributed by atoms with Gasteiger partial charge < -0.3 is 5.32 Å². The van der Waals surface area contributed by atoms with Crippen LogP contribution in [0.3, 0.4) is 0 Å². The minimum atomic E-state index is 0.311. The number of rotatable bonds is 5. The summed E-state index contributed by atoms with van der Waals surface area (Å²) in [6, 6.07) is 0.311. The van der Waals surface area contributed by atoms with Gasteiger partial charge in [-0.1, -0.05) is 0 Å². The van der Waals surface area contributed by atoms with Crippen molar-refractivity contribution in [2.24, 2.45) is 0 Å². The highest BCUT2D eigenvalue weighted by atomic mass is 15.4. The Morgan fingerprint density at radius 2 is 2.05 bits per heavy atom. The monoisotopic (exact) mass is 262 g/mol. The first kappa shape index (κ1) is 13.7. The molecule has 6 heteroatoms. The third-order valence-corrected chi connectivity index (χ3v) is 3.31. The van der Waals surface area contributed by atoms with Crippen molar-refractivity contribution in [2.45, 2.75) is 46.8 Å². The maximum Gasteiger partial charge on any atom is 0.148 e. The Morgan fingerprint density at radius 3 is 2.68 bits per heavy atom. The molecule has 2 aromatic rings. The third kappa shape index (κ3) is 2.68. The molecule has 0 aliphatic heterocycles. The molecule has 0 amide bonds. The molecular formula is C13H22N6. The van der Waals surface area contributed by atoms with E-state index >= 15 is 0 Å². The minimum Gasteiger partial charge on any atom is -0.316 e. The highest BCUT2D eigenvalue weighted by molar-refractivity contribution is 5.24. The Kier molecular flexibility index (Phi) is 3.99. The topological polar surface area (TPSA) is 60.6 Å².